The molecule has 106 valence electrons. The van der Waals surface area contributed by atoms with E-state index in [9.17, 15) is 0 Å². The predicted molar refractivity (Wildman–Crippen MR) is 85.2 cm³/mol. The van der Waals surface area contributed by atoms with Gasteiger partial charge in [0, 0.05) is 23.5 Å². The van der Waals surface area contributed by atoms with Gasteiger partial charge in [0.1, 0.15) is 0 Å². The zero-order chi connectivity index (χ0) is 14.4. The van der Waals surface area contributed by atoms with Gasteiger partial charge in [0.25, 0.3) is 0 Å². The van der Waals surface area contributed by atoms with Crippen molar-refractivity contribution in [2.45, 2.75) is 32.7 Å². The van der Waals surface area contributed by atoms with E-state index in [-0.39, 0.29) is 6.04 Å². The largest absolute Gasteiger partial charge is 0.310 e. The van der Waals surface area contributed by atoms with Crippen LogP contribution in [0.5, 0.6) is 0 Å². The average molecular weight is 289 g/mol. The van der Waals surface area contributed by atoms with Gasteiger partial charge in [-0.05, 0) is 55.1 Å². The number of hydrogen-bond donors (Lipinski definition) is 1. The zero-order valence-electron chi connectivity index (χ0n) is 12.1. The summed E-state index contributed by atoms with van der Waals surface area (Å²) in [6.07, 6.45) is 5.79. The summed E-state index contributed by atoms with van der Waals surface area (Å²) in [6, 6.07) is 10.4. The molecule has 0 aliphatic heterocycles. The molecule has 20 heavy (non-hydrogen) atoms. The quantitative estimate of drug-likeness (QED) is 0.856. The second kappa shape index (κ2) is 7.41. The summed E-state index contributed by atoms with van der Waals surface area (Å²) in [5.41, 5.74) is 3.69. The van der Waals surface area contributed by atoms with Crippen LogP contribution in [0.15, 0.2) is 42.7 Å². The van der Waals surface area contributed by atoms with Gasteiger partial charge < -0.3 is 5.32 Å². The standard InChI is InChI=1S/C17H21ClN2/c1-3-9-20-17(15-12-19-10-8-13(15)2)11-14-6-4-5-7-16(14)18/h4-8,10,12,17,20H,3,9,11H2,1-2H3. The van der Waals surface area contributed by atoms with Gasteiger partial charge in [-0.25, -0.2) is 0 Å². The number of hydrogen-bond acceptors (Lipinski definition) is 2. The SMILES string of the molecule is CCCNC(Cc1ccccc1Cl)c1cnccc1C. The molecule has 1 unspecified atom stereocenters. The molecule has 0 saturated heterocycles. The van der Waals surface area contributed by atoms with E-state index >= 15 is 0 Å². The number of pyridine rings is 1. The van der Waals surface area contributed by atoms with Crippen LogP contribution in [0, 0.1) is 6.92 Å². The molecule has 1 aromatic heterocycles. The molecule has 2 rings (SSSR count). The number of nitrogens with one attached hydrogen (secondary N) is 1. The molecule has 0 radical (unpaired) electrons. The van der Waals surface area contributed by atoms with Gasteiger partial charge in [-0.3, -0.25) is 4.98 Å². The molecule has 0 amide bonds. The van der Waals surface area contributed by atoms with Gasteiger partial charge in [-0.15, -0.1) is 0 Å². The van der Waals surface area contributed by atoms with Crippen LogP contribution in [0.25, 0.3) is 0 Å². The normalized spacial score (nSPS) is 12.3. The van der Waals surface area contributed by atoms with E-state index in [1.165, 1.54) is 16.7 Å². The highest BCUT2D eigenvalue weighted by Gasteiger charge is 2.15. The molecule has 3 heteroatoms. The Hall–Kier alpha value is -1.38. The van der Waals surface area contributed by atoms with Gasteiger partial charge in [0.15, 0.2) is 0 Å². The highest BCUT2D eigenvalue weighted by atomic mass is 35.5. The van der Waals surface area contributed by atoms with Crippen molar-refractivity contribution >= 4 is 11.6 Å². The van der Waals surface area contributed by atoms with Crippen molar-refractivity contribution < 1.29 is 0 Å². The lowest BCUT2D eigenvalue weighted by molar-refractivity contribution is 0.526. The van der Waals surface area contributed by atoms with Crippen LogP contribution in [0.2, 0.25) is 5.02 Å². The first-order chi connectivity index (χ1) is 9.72. The fourth-order valence-electron chi connectivity index (χ4n) is 2.34. The van der Waals surface area contributed by atoms with Gasteiger partial charge in [0.2, 0.25) is 0 Å². The van der Waals surface area contributed by atoms with Crippen LogP contribution >= 0.6 is 11.6 Å². The summed E-state index contributed by atoms with van der Waals surface area (Å²) >= 11 is 6.29. The second-order valence-corrected chi connectivity index (χ2v) is 5.44. The summed E-state index contributed by atoms with van der Waals surface area (Å²) in [5, 5.41) is 4.43. The molecule has 2 nitrogen and oxygen atoms in total. The fourth-order valence-corrected chi connectivity index (χ4v) is 2.55. The first-order valence-corrected chi connectivity index (χ1v) is 7.47. The molecular formula is C17H21ClN2. The first-order valence-electron chi connectivity index (χ1n) is 7.09. The number of aryl methyl sites for hydroxylation is 1. The molecule has 0 fully saturated rings. The Morgan fingerprint density at radius 2 is 2.05 bits per heavy atom. The lowest BCUT2D eigenvalue weighted by Gasteiger charge is -2.21. The number of aromatic nitrogens is 1. The number of rotatable bonds is 6. The highest BCUT2D eigenvalue weighted by Crippen LogP contribution is 2.24. The molecule has 0 aliphatic carbocycles. The van der Waals surface area contributed by atoms with E-state index in [0.717, 1.165) is 24.4 Å². The molecule has 1 heterocycles. The summed E-state index contributed by atoms with van der Waals surface area (Å²) < 4.78 is 0. The molecule has 0 bridgehead atoms. The second-order valence-electron chi connectivity index (χ2n) is 5.03. The Bertz CT molecular complexity index is 554. The molecular weight excluding hydrogens is 268 g/mol. The van der Waals surface area contributed by atoms with Crippen molar-refractivity contribution in [3.05, 3.63) is 64.4 Å². The third-order valence-corrected chi connectivity index (χ3v) is 3.85. The summed E-state index contributed by atoms with van der Waals surface area (Å²) in [5.74, 6) is 0. The Morgan fingerprint density at radius 1 is 1.25 bits per heavy atom. The van der Waals surface area contributed by atoms with Gasteiger partial charge in [0.05, 0.1) is 0 Å². The highest BCUT2D eigenvalue weighted by molar-refractivity contribution is 6.31. The Balaban J connectivity index is 2.24. The summed E-state index contributed by atoms with van der Waals surface area (Å²) in [7, 11) is 0. The van der Waals surface area contributed by atoms with Crippen molar-refractivity contribution in [1.29, 1.82) is 0 Å². The van der Waals surface area contributed by atoms with Crippen LogP contribution in [-0.2, 0) is 6.42 Å². The minimum absolute atomic E-state index is 0.253. The van der Waals surface area contributed by atoms with Gasteiger partial charge in [-0.1, -0.05) is 36.7 Å². The minimum atomic E-state index is 0.253. The smallest absolute Gasteiger partial charge is 0.0438 e. The van der Waals surface area contributed by atoms with Crippen LogP contribution in [-0.4, -0.2) is 11.5 Å². The summed E-state index contributed by atoms with van der Waals surface area (Å²) in [4.78, 5) is 4.27. The van der Waals surface area contributed by atoms with E-state index in [2.05, 4.69) is 36.3 Å². The number of benzene rings is 1. The van der Waals surface area contributed by atoms with E-state index in [0.29, 0.717) is 0 Å². The molecule has 1 aromatic carbocycles. The summed E-state index contributed by atoms with van der Waals surface area (Å²) in [6.45, 7) is 5.29. The molecule has 0 aliphatic rings. The molecule has 2 aromatic rings. The maximum Gasteiger partial charge on any atom is 0.0438 e. The topological polar surface area (TPSA) is 24.9 Å². The number of halogens is 1. The van der Waals surface area contributed by atoms with Gasteiger partial charge >= 0.3 is 0 Å². The maximum atomic E-state index is 6.29. The van der Waals surface area contributed by atoms with Crippen molar-refractivity contribution in [3.8, 4) is 0 Å². The predicted octanol–water partition coefficient (Wildman–Crippen LogP) is 4.33. The third-order valence-electron chi connectivity index (χ3n) is 3.48. The lowest BCUT2D eigenvalue weighted by atomic mass is 9.97. The van der Waals surface area contributed by atoms with Crippen molar-refractivity contribution in [2.75, 3.05) is 6.54 Å². The van der Waals surface area contributed by atoms with Crippen LogP contribution < -0.4 is 5.32 Å². The van der Waals surface area contributed by atoms with E-state index < -0.39 is 0 Å². The zero-order valence-corrected chi connectivity index (χ0v) is 12.8. The number of nitrogens with zero attached hydrogens (tertiary/aromatic N) is 1. The first kappa shape index (κ1) is 15.0. The van der Waals surface area contributed by atoms with Gasteiger partial charge in [-0.2, -0.15) is 0 Å². The third kappa shape index (κ3) is 3.81. The molecule has 0 saturated carbocycles. The van der Waals surface area contributed by atoms with E-state index in [4.69, 9.17) is 11.6 Å². The van der Waals surface area contributed by atoms with Crippen LogP contribution in [0.1, 0.15) is 36.1 Å². The minimum Gasteiger partial charge on any atom is -0.310 e. The van der Waals surface area contributed by atoms with Crippen molar-refractivity contribution in [2.24, 2.45) is 0 Å². The lowest BCUT2D eigenvalue weighted by Crippen LogP contribution is -2.25. The fraction of sp³-hybridized carbons (Fsp3) is 0.353. The molecule has 1 atom stereocenters. The van der Waals surface area contributed by atoms with E-state index in [1.54, 1.807) is 0 Å². The van der Waals surface area contributed by atoms with Crippen molar-refractivity contribution in [3.63, 3.8) is 0 Å². The monoisotopic (exact) mass is 288 g/mol. The Kier molecular flexibility index (Phi) is 5.57. The van der Waals surface area contributed by atoms with Crippen LogP contribution in [0.4, 0.5) is 0 Å². The molecule has 1 N–H and O–H groups in total. The van der Waals surface area contributed by atoms with Crippen molar-refractivity contribution in [1.82, 2.24) is 10.3 Å². The van der Waals surface area contributed by atoms with Crippen LogP contribution in [0.3, 0.4) is 0 Å². The maximum absolute atomic E-state index is 6.29. The molecule has 0 spiro atoms. The Morgan fingerprint density at radius 3 is 2.75 bits per heavy atom. The van der Waals surface area contributed by atoms with E-state index in [1.807, 2.05) is 30.6 Å². The average Bonchev–Trinajstić information content (AvgIpc) is 2.46. The Labute approximate surface area is 126 Å².